The zero-order valence-corrected chi connectivity index (χ0v) is 12.9. The molecule has 0 bridgehead atoms. The summed E-state index contributed by atoms with van der Waals surface area (Å²) in [6, 6.07) is 10.8. The molecule has 1 heteroatoms. The van der Waals surface area contributed by atoms with E-state index in [1.165, 1.54) is 18.4 Å². The fraction of sp³-hybridized carbons (Fsp3) is 0.176. The monoisotopic (exact) mass is 312 g/mol. The van der Waals surface area contributed by atoms with Gasteiger partial charge in [0.2, 0.25) is 0 Å². The Kier molecular flexibility index (Phi) is 3.91. The third-order valence-electron chi connectivity index (χ3n) is 3.35. The maximum absolute atomic E-state index is 2.35. The summed E-state index contributed by atoms with van der Waals surface area (Å²) >= 11 is -0.483. The Hall–Kier alpha value is -0.937. The van der Waals surface area contributed by atoms with Gasteiger partial charge in [-0.1, -0.05) is 0 Å². The number of allylic oxidation sites excluding steroid dienone is 8. The molecule has 18 heavy (non-hydrogen) atoms. The molecule has 0 saturated carbocycles. The van der Waals surface area contributed by atoms with Gasteiger partial charge in [-0.15, -0.1) is 0 Å². The van der Waals surface area contributed by atoms with Crippen LogP contribution in [0.1, 0.15) is 21.3 Å². The van der Waals surface area contributed by atoms with Gasteiger partial charge in [-0.2, -0.15) is 0 Å². The van der Waals surface area contributed by atoms with Crippen LogP contribution in [0.5, 0.6) is 0 Å². The Labute approximate surface area is 123 Å². The normalized spacial score (nSPS) is 17.2. The van der Waals surface area contributed by atoms with E-state index >= 15 is 0 Å². The van der Waals surface area contributed by atoms with Gasteiger partial charge in [0, 0.05) is 0 Å². The van der Waals surface area contributed by atoms with Crippen LogP contribution in [0.3, 0.4) is 0 Å². The number of hydrogen-bond donors (Lipinski definition) is 0. The summed E-state index contributed by atoms with van der Waals surface area (Å²) in [5.74, 6) is 0. The second-order valence-corrected chi connectivity index (χ2v) is 8.40. The predicted octanol–water partition coefficient (Wildman–Crippen LogP) is 4.59. The number of benzene rings is 1. The average Bonchev–Trinajstić information content (AvgIpc) is 3.04. The third-order valence-corrected chi connectivity index (χ3v) is 7.08. The van der Waals surface area contributed by atoms with Crippen LogP contribution in [-0.2, 0) is 29.7 Å². The molecule has 0 unspecified atom stereocenters. The molecule has 0 amide bonds. The Bertz CT molecular complexity index is 554. The van der Waals surface area contributed by atoms with Crippen LogP contribution in [0.15, 0.2) is 72.8 Å². The molecule has 0 saturated heterocycles. The van der Waals surface area contributed by atoms with Crippen molar-refractivity contribution in [3.05, 3.63) is 78.4 Å². The summed E-state index contributed by atoms with van der Waals surface area (Å²) in [4.78, 5) is 0. The molecule has 0 radical (unpaired) electrons. The molecule has 2 aliphatic rings. The first-order valence-electron chi connectivity index (χ1n) is 6.47. The minimum absolute atomic E-state index is 0. The summed E-state index contributed by atoms with van der Waals surface area (Å²) in [5.41, 5.74) is 3.04. The van der Waals surface area contributed by atoms with Gasteiger partial charge in [0.15, 0.2) is 0 Å². The summed E-state index contributed by atoms with van der Waals surface area (Å²) in [6.07, 6.45) is 15.1. The first kappa shape index (κ1) is 12.1. The van der Waals surface area contributed by atoms with Gasteiger partial charge in [-0.3, -0.25) is 0 Å². The molecule has 0 atom stereocenters. The molecular formula is C17H18Zr. The Morgan fingerprint density at radius 2 is 1.94 bits per heavy atom. The van der Waals surface area contributed by atoms with Crippen LogP contribution in [-0.4, -0.2) is 0 Å². The van der Waals surface area contributed by atoms with Crippen molar-refractivity contribution in [3.8, 4) is 0 Å². The van der Waals surface area contributed by atoms with Crippen molar-refractivity contribution in [2.45, 2.75) is 19.3 Å². The van der Waals surface area contributed by atoms with Gasteiger partial charge in [0.1, 0.15) is 0 Å². The number of hydrogen-bond acceptors (Lipinski definition) is 0. The van der Waals surface area contributed by atoms with Gasteiger partial charge in [-0.05, 0) is 0 Å². The largest absolute Gasteiger partial charge is 1.00 e. The van der Waals surface area contributed by atoms with E-state index in [2.05, 4.69) is 60.7 Å². The third kappa shape index (κ3) is 2.90. The SMILES string of the molecule is C1=CC[C]([Zr+2][C]2=C(Cc3ccccc3)C=CC2)=C1.[H-].[H-]. The molecule has 0 aliphatic heterocycles. The summed E-state index contributed by atoms with van der Waals surface area (Å²) in [5, 5.41) is 0. The van der Waals surface area contributed by atoms with Crippen LogP contribution in [0.2, 0.25) is 0 Å². The van der Waals surface area contributed by atoms with E-state index in [-0.39, 0.29) is 2.85 Å². The zero-order chi connectivity index (χ0) is 12.2. The van der Waals surface area contributed by atoms with Crippen molar-refractivity contribution in [2.75, 3.05) is 0 Å². The molecule has 0 aromatic heterocycles. The summed E-state index contributed by atoms with van der Waals surface area (Å²) < 4.78 is 3.50. The van der Waals surface area contributed by atoms with Gasteiger partial charge >= 0.3 is 121 Å². The van der Waals surface area contributed by atoms with E-state index < -0.39 is 23.2 Å². The van der Waals surface area contributed by atoms with Gasteiger partial charge in [-0.25, -0.2) is 0 Å². The predicted molar refractivity (Wildman–Crippen MR) is 75.0 cm³/mol. The fourth-order valence-electron chi connectivity index (χ4n) is 2.40. The van der Waals surface area contributed by atoms with E-state index in [0.717, 1.165) is 6.42 Å². The molecule has 2 aliphatic carbocycles. The molecule has 0 N–H and O–H groups in total. The Morgan fingerprint density at radius 3 is 2.72 bits per heavy atom. The quantitative estimate of drug-likeness (QED) is 0.762. The zero-order valence-electron chi connectivity index (χ0n) is 12.4. The van der Waals surface area contributed by atoms with Gasteiger partial charge in [0.05, 0.1) is 0 Å². The molecule has 3 rings (SSSR count). The standard InChI is InChI=1S/C12H11.C5H5.Zr.2H/c1-2-6-11(7-3-1)10-12-8-4-5-9-12;1-2-4-5-3-1;;;/h1-4,6-8H,5,10H2;1-3H,4H2;;;/q;;+2;2*-1. The molecular weight excluding hydrogens is 295 g/mol. The minimum atomic E-state index is -0.483. The van der Waals surface area contributed by atoms with E-state index in [1.807, 2.05) is 0 Å². The second kappa shape index (κ2) is 5.80. The van der Waals surface area contributed by atoms with Crippen molar-refractivity contribution in [1.29, 1.82) is 0 Å². The topological polar surface area (TPSA) is 0 Å². The summed E-state index contributed by atoms with van der Waals surface area (Å²) in [6.45, 7) is 0. The van der Waals surface area contributed by atoms with Gasteiger partial charge in [0.25, 0.3) is 0 Å². The first-order chi connectivity index (χ1) is 8.92. The van der Waals surface area contributed by atoms with Gasteiger partial charge < -0.3 is 2.85 Å². The van der Waals surface area contributed by atoms with Crippen molar-refractivity contribution in [3.63, 3.8) is 0 Å². The maximum atomic E-state index is 2.35. The van der Waals surface area contributed by atoms with Crippen molar-refractivity contribution < 1.29 is 26.1 Å². The molecule has 90 valence electrons. The minimum Gasteiger partial charge on any atom is -1.00 e. The van der Waals surface area contributed by atoms with E-state index in [0.29, 0.717) is 0 Å². The van der Waals surface area contributed by atoms with Crippen LogP contribution in [0.4, 0.5) is 0 Å². The first-order valence-corrected chi connectivity index (χ1v) is 8.93. The Morgan fingerprint density at radius 1 is 1.06 bits per heavy atom. The number of rotatable bonds is 4. The molecule has 0 spiro atoms. The van der Waals surface area contributed by atoms with Crippen LogP contribution < -0.4 is 0 Å². The van der Waals surface area contributed by atoms with E-state index in [9.17, 15) is 0 Å². The fourth-order valence-corrected chi connectivity index (χ4v) is 5.69. The van der Waals surface area contributed by atoms with Crippen LogP contribution in [0, 0.1) is 0 Å². The second-order valence-electron chi connectivity index (χ2n) is 4.72. The van der Waals surface area contributed by atoms with E-state index in [1.54, 1.807) is 12.1 Å². The average molecular weight is 314 g/mol. The smallest absolute Gasteiger partial charge is 1.00 e. The van der Waals surface area contributed by atoms with E-state index in [4.69, 9.17) is 0 Å². The summed E-state index contributed by atoms with van der Waals surface area (Å²) in [7, 11) is 0. The molecule has 1 aromatic carbocycles. The van der Waals surface area contributed by atoms with Crippen LogP contribution in [0.25, 0.3) is 0 Å². The van der Waals surface area contributed by atoms with Crippen molar-refractivity contribution >= 4 is 0 Å². The maximum Gasteiger partial charge on any atom is -1.00 e. The molecule has 0 fully saturated rings. The molecule has 0 heterocycles. The molecule has 0 nitrogen and oxygen atoms in total. The van der Waals surface area contributed by atoms with Crippen molar-refractivity contribution in [2.24, 2.45) is 0 Å². The Balaban J connectivity index is 0.000001000. The van der Waals surface area contributed by atoms with Crippen LogP contribution >= 0.6 is 0 Å². The van der Waals surface area contributed by atoms with Crippen molar-refractivity contribution in [1.82, 2.24) is 0 Å². The molecule has 1 aromatic rings.